The Morgan fingerprint density at radius 1 is 1.13 bits per heavy atom. The molecule has 4 aromatic rings. The van der Waals surface area contributed by atoms with Gasteiger partial charge in [-0.25, -0.2) is 22.8 Å². The highest BCUT2D eigenvalue weighted by Crippen LogP contribution is 2.35. The van der Waals surface area contributed by atoms with Gasteiger partial charge in [-0.05, 0) is 30.2 Å². The molecule has 5 heterocycles. The van der Waals surface area contributed by atoms with E-state index >= 15 is 0 Å². The number of morpholine rings is 1. The van der Waals surface area contributed by atoms with Gasteiger partial charge in [0, 0.05) is 43.3 Å². The van der Waals surface area contributed by atoms with Crippen molar-refractivity contribution in [3.05, 3.63) is 69.3 Å². The molecule has 0 aliphatic carbocycles. The second-order valence-electron chi connectivity index (χ2n) is 9.17. The molecule has 0 radical (unpaired) electrons. The summed E-state index contributed by atoms with van der Waals surface area (Å²) in [5.41, 5.74) is 1.21. The summed E-state index contributed by atoms with van der Waals surface area (Å²) in [5.74, 6) is -0.883. The van der Waals surface area contributed by atoms with E-state index in [9.17, 15) is 22.7 Å². The predicted molar refractivity (Wildman–Crippen MR) is 142 cm³/mol. The van der Waals surface area contributed by atoms with E-state index in [4.69, 9.17) is 4.74 Å². The van der Waals surface area contributed by atoms with Crippen LogP contribution in [-0.4, -0.2) is 66.5 Å². The largest absolute Gasteiger partial charge is 0.501 e. The number of aromatic hydroxyl groups is 1. The van der Waals surface area contributed by atoms with Gasteiger partial charge in [0.05, 0.1) is 30.3 Å². The molecular weight excluding hydrogens is 533 g/mol. The topological polar surface area (TPSA) is 117 Å². The van der Waals surface area contributed by atoms with Crippen LogP contribution in [0.15, 0.2) is 47.5 Å². The van der Waals surface area contributed by atoms with E-state index < -0.39 is 21.3 Å². The van der Waals surface area contributed by atoms with Gasteiger partial charge in [0.25, 0.3) is 0 Å². The van der Waals surface area contributed by atoms with Gasteiger partial charge < -0.3 is 14.7 Å². The Labute approximate surface area is 221 Å². The zero-order valence-corrected chi connectivity index (χ0v) is 21.8. The molecule has 0 spiro atoms. The normalized spacial score (nSPS) is 17.4. The lowest BCUT2D eigenvalue weighted by molar-refractivity contribution is 0.122. The molecule has 0 saturated carbocycles. The lowest BCUT2D eigenvalue weighted by Crippen LogP contribution is -2.37. The van der Waals surface area contributed by atoms with Gasteiger partial charge in [0.1, 0.15) is 16.5 Å². The molecule has 2 fully saturated rings. The van der Waals surface area contributed by atoms with Crippen molar-refractivity contribution < 1.29 is 22.7 Å². The molecule has 0 bridgehead atoms. The number of aromatic nitrogens is 3. The van der Waals surface area contributed by atoms with Crippen LogP contribution in [0.3, 0.4) is 0 Å². The lowest BCUT2D eigenvalue weighted by Gasteiger charge is -2.30. The number of benzene rings is 1. The fourth-order valence-electron chi connectivity index (χ4n) is 4.74. The van der Waals surface area contributed by atoms with Gasteiger partial charge in [0.15, 0.2) is 5.65 Å². The number of nitrogens with zero attached hydrogens (tertiary/aromatic N) is 5. The Morgan fingerprint density at radius 3 is 2.61 bits per heavy atom. The van der Waals surface area contributed by atoms with Crippen LogP contribution >= 0.6 is 11.3 Å². The summed E-state index contributed by atoms with van der Waals surface area (Å²) in [6, 6.07) is 7.87. The van der Waals surface area contributed by atoms with Crippen molar-refractivity contribution in [2.45, 2.75) is 12.8 Å². The maximum Gasteiger partial charge on any atom is 0.300 e. The molecule has 1 aromatic carbocycles. The van der Waals surface area contributed by atoms with Gasteiger partial charge in [-0.2, -0.15) is 0 Å². The summed E-state index contributed by atoms with van der Waals surface area (Å²) in [6.45, 7) is 2.46. The van der Waals surface area contributed by atoms with Crippen LogP contribution in [0.1, 0.15) is 16.9 Å². The Morgan fingerprint density at radius 2 is 1.89 bits per heavy atom. The Balaban J connectivity index is 1.48. The second-order valence-corrected chi connectivity index (χ2v) is 12.3. The zero-order valence-electron chi connectivity index (χ0n) is 20.2. The molecular formula is C25H24FN5O5S2. The van der Waals surface area contributed by atoms with Crippen molar-refractivity contribution in [2.24, 2.45) is 0 Å². The Hall–Kier alpha value is -3.55. The van der Waals surface area contributed by atoms with E-state index in [0.717, 1.165) is 10.4 Å². The van der Waals surface area contributed by atoms with Gasteiger partial charge in [0.2, 0.25) is 15.8 Å². The number of hydrogen-bond donors (Lipinski definition) is 1. The van der Waals surface area contributed by atoms with Crippen molar-refractivity contribution in [1.29, 1.82) is 0 Å². The zero-order chi connectivity index (χ0) is 26.4. The number of anilines is 2. The molecule has 0 unspecified atom stereocenters. The number of thiazole rings is 1. The molecule has 13 heteroatoms. The van der Waals surface area contributed by atoms with E-state index in [2.05, 4.69) is 9.97 Å². The van der Waals surface area contributed by atoms with Crippen LogP contribution < -0.4 is 14.8 Å². The molecule has 3 aromatic heterocycles. The van der Waals surface area contributed by atoms with Crippen molar-refractivity contribution in [2.75, 3.05) is 47.8 Å². The molecule has 2 saturated heterocycles. The van der Waals surface area contributed by atoms with Crippen molar-refractivity contribution >= 4 is 38.4 Å². The highest BCUT2D eigenvalue weighted by Gasteiger charge is 2.32. The molecule has 38 heavy (non-hydrogen) atoms. The fourth-order valence-corrected chi connectivity index (χ4v) is 7.23. The summed E-state index contributed by atoms with van der Waals surface area (Å²) in [4.78, 5) is 25.2. The van der Waals surface area contributed by atoms with Gasteiger partial charge in [-0.3, -0.25) is 13.5 Å². The van der Waals surface area contributed by atoms with Gasteiger partial charge in [-0.15, -0.1) is 11.3 Å². The summed E-state index contributed by atoms with van der Waals surface area (Å²) in [6.07, 6.45) is 4.16. The van der Waals surface area contributed by atoms with E-state index in [1.807, 2.05) is 4.90 Å². The lowest BCUT2D eigenvalue weighted by atomic mass is 10.1. The number of pyridine rings is 1. The third-order valence-electron chi connectivity index (χ3n) is 6.66. The Bertz CT molecular complexity index is 1680. The van der Waals surface area contributed by atoms with Crippen LogP contribution in [0.2, 0.25) is 0 Å². The standard InChI is InChI=1S/C25H24FN5O5S2/c26-17-4-2-16(3-5-17)12-19-14-27-24(37-19)21-22(32)25(33)30-15-18(29-7-9-36-10-8-29)13-20(23(30)28-21)31-6-1-11-38(31,34)35/h2-5,13-15,32H,1,6-12H2. The third kappa shape index (κ3) is 4.50. The number of hydrogen-bond acceptors (Lipinski definition) is 9. The molecule has 6 rings (SSSR count). The van der Waals surface area contributed by atoms with Crippen LogP contribution in [0.5, 0.6) is 5.75 Å². The van der Waals surface area contributed by atoms with Crippen molar-refractivity contribution in [3.8, 4) is 16.5 Å². The van der Waals surface area contributed by atoms with Crippen LogP contribution in [0.25, 0.3) is 16.3 Å². The maximum absolute atomic E-state index is 13.4. The minimum absolute atomic E-state index is 0.00927. The molecule has 1 N–H and O–H groups in total. The maximum atomic E-state index is 13.4. The summed E-state index contributed by atoms with van der Waals surface area (Å²) in [5, 5.41) is 11.2. The van der Waals surface area contributed by atoms with E-state index in [1.165, 1.54) is 32.2 Å². The second kappa shape index (κ2) is 9.64. The Kier molecular flexibility index (Phi) is 6.28. The highest BCUT2D eigenvalue weighted by atomic mass is 32.2. The SMILES string of the molecule is O=c1c(O)c(-c2ncc(Cc3ccc(F)cc3)s2)nc2c(N3CCCS3(=O)=O)cc(N3CCOCC3)cn12. The van der Waals surface area contributed by atoms with E-state index in [-0.39, 0.29) is 35.1 Å². The highest BCUT2D eigenvalue weighted by molar-refractivity contribution is 7.93. The molecule has 0 amide bonds. The van der Waals surface area contributed by atoms with Gasteiger partial charge >= 0.3 is 5.56 Å². The van der Waals surface area contributed by atoms with Crippen molar-refractivity contribution in [3.63, 3.8) is 0 Å². The minimum Gasteiger partial charge on any atom is -0.501 e. The van der Waals surface area contributed by atoms with E-state index in [1.54, 1.807) is 30.6 Å². The first kappa shape index (κ1) is 24.8. The first-order valence-electron chi connectivity index (χ1n) is 12.1. The van der Waals surface area contributed by atoms with Crippen LogP contribution in [-0.2, 0) is 21.2 Å². The number of ether oxygens (including phenoxy) is 1. The molecule has 2 aliphatic rings. The first-order valence-corrected chi connectivity index (χ1v) is 14.5. The third-order valence-corrected chi connectivity index (χ3v) is 9.52. The predicted octanol–water partition coefficient (Wildman–Crippen LogP) is 2.63. The smallest absolute Gasteiger partial charge is 0.300 e. The van der Waals surface area contributed by atoms with E-state index in [0.29, 0.717) is 49.8 Å². The summed E-state index contributed by atoms with van der Waals surface area (Å²) in [7, 11) is -3.58. The summed E-state index contributed by atoms with van der Waals surface area (Å²) >= 11 is 1.25. The van der Waals surface area contributed by atoms with Crippen molar-refractivity contribution in [1.82, 2.24) is 14.4 Å². The average Bonchev–Trinajstić information content (AvgIpc) is 3.53. The number of sulfonamides is 1. The monoisotopic (exact) mass is 557 g/mol. The van der Waals surface area contributed by atoms with Gasteiger partial charge in [-0.1, -0.05) is 12.1 Å². The average molecular weight is 558 g/mol. The number of fused-ring (bicyclic) bond motifs is 1. The number of halogens is 1. The number of rotatable bonds is 5. The fraction of sp³-hybridized carbons (Fsp3) is 0.320. The quantitative estimate of drug-likeness (QED) is 0.398. The minimum atomic E-state index is -3.58. The summed E-state index contributed by atoms with van der Waals surface area (Å²) < 4.78 is 47.0. The molecule has 2 aliphatic heterocycles. The molecule has 10 nitrogen and oxygen atoms in total. The van der Waals surface area contributed by atoms with Crippen LogP contribution in [0, 0.1) is 5.82 Å². The molecule has 0 atom stereocenters. The first-order chi connectivity index (χ1) is 18.3. The van der Waals surface area contributed by atoms with Crippen LogP contribution in [0.4, 0.5) is 15.8 Å². The molecule has 198 valence electrons.